The Labute approximate surface area is 60.3 Å². The van der Waals surface area contributed by atoms with Crippen LogP contribution in [0.1, 0.15) is 13.3 Å². The number of rotatable bonds is 2. The lowest BCUT2D eigenvalue weighted by Crippen LogP contribution is -2.36. The van der Waals surface area contributed by atoms with Crippen LogP contribution >= 0.6 is 0 Å². The predicted molar refractivity (Wildman–Crippen MR) is 35.8 cm³/mol. The van der Waals surface area contributed by atoms with E-state index in [1.165, 1.54) is 0 Å². The highest BCUT2D eigenvalue weighted by Crippen LogP contribution is 2.11. The lowest BCUT2D eigenvalue weighted by molar-refractivity contribution is -0.140. The van der Waals surface area contributed by atoms with E-state index in [9.17, 15) is 4.79 Å². The first-order chi connectivity index (χ1) is 4.84. The Morgan fingerprint density at radius 2 is 2.20 bits per heavy atom. The molecule has 10 heavy (non-hydrogen) atoms. The molecule has 0 spiro atoms. The predicted octanol–water partition coefficient (Wildman–Crippen LogP) is 0.379. The van der Waals surface area contributed by atoms with Gasteiger partial charge in [-0.1, -0.05) is 0 Å². The first-order valence-electron chi connectivity index (χ1n) is 3.51. The van der Waals surface area contributed by atoms with E-state index in [4.69, 9.17) is 9.47 Å². The highest BCUT2D eigenvalue weighted by atomic mass is 16.6. The molecule has 0 amide bonds. The van der Waals surface area contributed by atoms with E-state index in [1.54, 1.807) is 0 Å². The van der Waals surface area contributed by atoms with Gasteiger partial charge in [-0.05, 0) is 6.92 Å². The quantitative estimate of drug-likeness (QED) is 0.525. The molecule has 0 saturated carbocycles. The molecule has 0 aromatic rings. The van der Waals surface area contributed by atoms with Gasteiger partial charge in [-0.3, -0.25) is 0 Å². The zero-order chi connectivity index (χ0) is 7.40. The Kier molecular flexibility index (Phi) is 2.83. The van der Waals surface area contributed by atoms with Crippen LogP contribution in [0.5, 0.6) is 0 Å². The second-order valence-electron chi connectivity index (χ2n) is 2.39. The van der Waals surface area contributed by atoms with Crippen LogP contribution in [0, 0.1) is 0 Å². The molecule has 1 saturated heterocycles. The third-order valence-electron chi connectivity index (χ3n) is 1.65. The summed E-state index contributed by atoms with van der Waals surface area (Å²) in [6.45, 7) is 3.19. The van der Waals surface area contributed by atoms with Gasteiger partial charge in [0.25, 0.3) is 0 Å². The van der Waals surface area contributed by atoms with Gasteiger partial charge >= 0.3 is 0 Å². The zero-order valence-electron chi connectivity index (χ0n) is 6.08. The van der Waals surface area contributed by atoms with Gasteiger partial charge in [-0.15, -0.1) is 0 Å². The van der Waals surface area contributed by atoms with Crippen molar-refractivity contribution in [3.05, 3.63) is 0 Å². The summed E-state index contributed by atoms with van der Waals surface area (Å²) in [7, 11) is 0. The smallest absolute Gasteiger partial charge is 0.122 e. The maximum atomic E-state index is 10.1. The van der Waals surface area contributed by atoms with Crippen LogP contribution in [0.4, 0.5) is 0 Å². The molecule has 3 nitrogen and oxygen atoms in total. The van der Waals surface area contributed by atoms with Crippen molar-refractivity contribution in [2.24, 2.45) is 0 Å². The molecule has 58 valence electrons. The van der Waals surface area contributed by atoms with Gasteiger partial charge in [0.1, 0.15) is 6.29 Å². The van der Waals surface area contributed by atoms with Crippen LogP contribution in [-0.2, 0) is 14.3 Å². The van der Waals surface area contributed by atoms with Crippen LogP contribution in [0.15, 0.2) is 0 Å². The molecule has 0 aromatic carbocycles. The summed E-state index contributed by atoms with van der Waals surface area (Å²) in [6, 6.07) is 0. The number of hydrogen-bond donors (Lipinski definition) is 0. The van der Waals surface area contributed by atoms with Gasteiger partial charge in [-0.25, -0.2) is 0 Å². The van der Waals surface area contributed by atoms with Gasteiger partial charge in [0, 0.05) is 6.42 Å². The van der Waals surface area contributed by atoms with Crippen molar-refractivity contribution in [3.8, 4) is 0 Å². The first-order valence-corrected chi connectivity index (χ1v) is 3.51. The Hall–Kier alpha value is -0.410. The van der Waals surface area contributed by atoms with Crippen LogP contribution in [0.25, 0.3) is 0 Å². The summed E-state index contributed by atoms with van der Waals surface area (Å²) in [5.41, 5.74) is 0. The SMILES string of the molecule is CC1OCCOC1CC=O. The fourth-order valence-corrected chi connectivity index (χ4v) is 1.03. The van der Waals surface area contributed by atoms with E-state index in [-0.39, 0.29) is 12.2 Å². The highest BCUT2D eigenvalue weighted by Gasteiger charge is 2.21. The Morgan fingerprint density at radius 3 is 2.80 bits per heavy atom. The molecular formula is C7H12O3. The van der Waals surface area contributed by atoms with Gasteiger partial charge in [-0.2, -0.15) is 0 Å². The number of hydrogen-bond acceptors (Lipinski definition) is 3. The summed E-state index contributed by atoms with van der Waals surface area (Å²) in [6.07, 6.45) is 1.36. The minimum Gasteiger partial charge on any atom is -0.373 e. The summed E-state index contributed by atoms with van der Waals surface area (Å²) < 4.78 is 10.5. The summed E-state index contributed by atoms with van der Waals surface area (Å²) >= 11 is 0. The molecule has 0 N–H and O–H groups in total. The van der Waals surface area contributed by atoms with Crippen LogP contribution in [-0.4, -0.2) is 31.7 Å². The van der Waals surface area contributed by atoms with Crippen molar-refractivity contribution in [2.75, 3.05) is 13.2 Å². The maximum absolute atomic E-state index is 10.1. The van der Waals surface area contributed by atoms with Crippen LogP contribution in [0.2, 0.25) is 0 Å². The largest absolute Gasteiger partial charge is 0.373 e. The van der Waals surface area contributed by atoms with Gasteiger partial charge < -0.3 is 14.3 Å². The Balaban J connectivity index is 2.32. The Morgan fingerprint density at radius 1 is 1.50 bits per heavy atom. The Bertz CT molecular complexity index is 113. The standard InChI is InChI=1S/C7H12O3/c1-6-7(2-3-8)10-5-4-9-6/h3,6-7H,2,4-5H2,1H3. The number of carbonyl (C=O) groups excluding carboxylic acids is 1. The van der Waals surface area contributed by atoms with E-state index in [1.807, 2.05) is 6.92 Å². The lowest BCUT2D eigenvalue weighted by Gasteiger charge is -2.27. The average Bonchev–Trinajstić information content (AvgIpc) is 1.94. The van der Waals surface area contributed by atoms with Crippen molar-refractivity contribution in [3.63, 3.8) is 0 Å². The fraction of sp³-hybridized carbons (Fsp3) is 0.857. The number of ether oxygens (including phenoxy) is 2. The van der Waals surface area contributed by atoms with E-state index in [2.05, 4.69) is 0 Å². The molecule has 0 radical (unpaired) electrons. The topological polar surface area (TPSA) is 35.5 Å². The van der Waals surface area contributed by atoms with Crippen LogP contribution < -0.4 is 0 Å². The summed E-state index contributed by atoms with van der Waals surface area (Å²) in [5.74, 6) is 0. The van der Waals surface area contributed by atoms with E-state index in [0.29, 0.717) is 19.6 Å². The average molecular weight is 144 g/mol. The minimum atomic E-state index is -0.0220. The summed E-state index contributed by atoms with van der Waals surface area (Å²) in [5, 5.41) is 0. The van der Waals surface area contributed by atoms with Gasteiger partial charge in [0.2, 0.25) is 0 Å². The second-order valence-corrected chi connectivity index (χ2v) is 2.39. The second kappa shape index (κ2) is 3.68. The first kappa shape index (κ1) is 7.69. The number of aldehydes is 1. The molecule has 0 bridgehead atoms. The van der Waals surface area contributed by atoms with E-state index < -0.39 is 0 Å². The third kappa shape index (κ3) is 1.78. The molecule has 1 rings (SSSR count). The molecule has 1 heterocycles. The van der Waals surface area contributed by atoms with Gasteiger partial charge in [0.05, 0.1) is 25.4 Å². The van der Waals surface area contributed by atoms with Crippen molar-refractivity contribution in [1.82, 2.24) is 0 Å². The maximum Gasteiger partial charge on any atom is 0.122 e. The molecule has 2 unspecified atom stereocenters. The summed E-state index contributed by atoms with van der Waals surface area (Å²) in [4.78, 5) is 10.1. The molecule has 1 fully saturated rings. The molecular weight excluding hydrogens is 132 g/mol. The number of carbonyl (C=O) groups is 1. The third-order valence-corrected chi connectivity index (χ3v) is 1.65. The van der Waals surface area contributed by atoms with Crippen molar-refractivity contribution < 1.29 is 14.3 Å². The van der Waals surface area contributed by atoms with E-state index in [0.717, 1.165) is 6.29 Å². The monoisotopic (exact) mass is 144 g/mol. The molecule has 0 aromatic heterocycles. The lowest BCUT2D eigenvalue weighted by atomic mass is 10.1. The molecule has 1 aliphatic heterocycles. The molecule has 2 atom stereocenters. The normalized spacial score (nSPS) is 33.7. The highest BCUT2D eigenvalue weighted by molar-refractivity contribution is 5.50. The van der Waals surface area contributed by atoms with Gasteiger partial charge in [0.15, 0.2) is 0 Å². The molecule has 1 aliphatic rings. The van der Waals surface area contributed by atoms with Crippen LogP contribution in [0.3, 0.4) is 0 Å². The molecule has 0 aliphatic carbocycles. The van der Waals surface area contributed by atoms with E-state index >= 15 is 0 Å². The fourth-order valence-electron chi connectivity index (χ4n) is 1.03. The molecule has 3 heteroatoms. The van der Waals surface area contributed by atoms with Crippen molar-refractivity contribution in [1.29, 1.82) is 0 Å². The zero-order valence-corrected chi connectivity index (χ0v) is 6.08. The minimum absolute atomic E-state index is 0.0220. The van der Waals surface area contributed by atoms with Crippen molar-refractivity contribution in [2.45, 2.75) is 25.6 Å². The van der Waals surface area contributed by atoms with Crippen molar-refractivity contribution >= 4 is 6.29 Å².